The molecule has 14 aromatic rings. The standard InChI is InChI=1S/C39H31N9O11S3.C34H27N9O11S3.C8H11N3.5HI.2V/c1-20-2-3-21-15-33(60-59-58-51)36(38(49)28(21)14-20)47-43-25-9-7-24(8-10-25)42-32-13-11-27(19-34(32)61(52,53)54)45-48-37-35(62(55,56)57)16-22-4-6-26(18-29(22)39(37)50)44-46-31-12-5-23(40)17-30(31)41;35-24-17-23(44)11-13-25(24)41-38-21-8-6-19(7-9-21)37-26-12-10-22(16-27(26)55-53-51-46)40-42-32-28(56-54-52-47)14-18-15-29(57(48,49)50)33(34(45)30(18)31(32)36)43-39-20-4-2-1-3-5-20;1-6-3-4-8(11-10-2)7(9)5-6;;;;;;;/h2-19,42,49-51H,40-41H2,1H3,(H,52,53,54)(H,55,56,57);1-17,37,44-47H,35-36H2,(H,48,49,50);3-5H,9H2,1-2H3;5*1H;;/q;;;;;;;;+2;+3/p-5. The second kappa shape index (κ2) is 51.8. The van der Waals surface area contributed by atoms with Crippen LogP contribution in [0.4, 0.5) is 125 Å². The molecule has 43 nitrogen and oxygen atoms in total. The van der Waals surface area contributed by atoms with Gasteiger partial charge in [-0.05, 0) is 218 Å². The van der Waals surface area contributed by atoms with E-state index in [2.05, 4.69) is 210 Å². The van der Waals surface area contributed by atoms with Crippen LogP contribution in [-0.4, -0.2) is 82.2 Å². The van der Waals surface area contributed by atoms with E-state index in [1.165, 1.54) is 91.0 Å². The number of fused-ring (bicyclic) bond motifs is 3. The van der Waals surface area contributed by atoms with Crippen molar-refractivity contribution in [1.82, 2.24) is 0 Å². The van der Waals surface area contributed by atoms with Crippen molar-refractivity contribution in [2.45, 2.75) is 43.2 Å². The Morgan fingerprint density at radius 2 is 0.766 bits per heavy atom. The number of benzene rings is 14. The summed E-state index contributed by atoms with van der Waals surface area (Å²) in [6.45, 7) is 3.85. The fourth-order valence-corrected chi connectivity index (χ4v) is 15.4. The summed E-state index contributed by atoms with van der Waals surface area (Å²) in [6.07, 6.45) is 0. The fraction of sp³-hybridized carbons (Fsp3) is 0.0370. The van der Waals surface area contributed by atoms with Gasteiger partial charge in [0.15, 0.2) is 17.2 Å². The molecule has 0 saturated heterocycles. The number of hydrogen-bond acceptors (Lipinski definition) is 43. The van der Waals surface area contributed by atoms with Gasteiger partial charge in [0.25, 0.3) is 30.4 Å². The van der Waals surface area contributed by atoms with E-state index < -0.39 is 67.9 Å². The van der Waals surface area contributed by atoms with Gasteiger partial charge in [-0.1, -0.05) is 63.1 Å². The number of aryl methyl sites for hydroxylation is 2. The molecule has 0 spiro atoms. The molecule has 0 bridgehead atoms. The van der Waals surface area contributed by atoms with Crippen LogP contribution in [0.3, 0.4) is 0 Å². The first kappa shape index (κ1) is 109. The average molecular weight is 2620 g/mol. The third kappa shape index (κ3) is 31.5. The molecule has 0 aromatic heterocycles. The van der Waals surface area contributed by atoms with Crippen LogP contribution in [0.5, 0.6) is 23.0 Å². The number of halogens is 5. The zero-order valence-electron chi connectivity index (χ0n) is 69.7. The number of anilines is 9. The number of aromatic hydroxyl groups is 4. The number of nitrogens with one attached hydrogen (secondary N) is 2. The molecule has 0 fully saturated rings. The number of phenolic OH excluding ortho intramolecular Hbond substituents is 4. The van der Waals surface area contributed by atoms with Gasteiger partial charge in [0.1, 0.15) is 60.2 Å². The van der Waals surface area contributed by atoms with Crippen molar-refractivity contribution in [3.05, 3.63) is 242 Å². The van der Waals surface area contributed by atoms with E-state index in [1.54, 1.807) is 104 Å². The van der Waals surface area contributed by atoms with E-state index in [-0.39, 0.29) is 98.9 Å². The Bertz CT molecular complexity index is 7350. The maximum atomic E-state index is 12.5. The van der Waals surface area contributed by atoms with Crippen molar-refractivity contribution in [3.63, 3.8) is 0 Å². The molecule has 137 heavy (non-hydrogen) atoms. The number of nitrogens with zero attached hydrogens (tertiary/aromatic N) is 14. The van der Waals surface area contributed by atoms with Crippen LogP contribution in [0.15, 0.2) is 331 Å². The van der Waals surface area contributed by atoms with Crippen molar-refractivity contribution in [1.29, 1.82) is 0 Å². The molecule has 14 rings (SSSR count). The van der Waals surface area contributed by atoms with Crippen molar-refractivity contribution in [2.24, 2.45) is 71.6 Å². The normalized spacial score (nSPS) is 11.8. The second-order valence-corrected chi connectivity index (χ2v) is 80.7. The summed E-state index contributed by atoms with van der Waals surface area (Å²) in [6, 6.07) is 58.7. The van der Waals surface area contributed by atoms with E-state index in [0.29, 0.717) is 118 Å². The van der Waals surface area contributed by atoms with E-state index >= 15 is 0 Å². The number of hydrogen-bond donors (Lipinski definition) is 17. The van der Waals surface area contributed by atoms with Gasteiger partial charge < -0.3 is 59.7 Å². The van der Waals surface area contributed by atoms with Gasteiger partial charge in [-0.2, -0.15) is 66.2 Å². The number of nitrogens with two attached hydrogens (primary N) is 5. The van der Waals surface area contributed by atoms with E-state index in [1.807, 2.05) is 38.1 Å². The average Bonchev–Trinajstić information content (AvgIpc) is 0.755. The summed E-state index contributed by atoms with van der Waals surface area (Å²) in [5.74, 6) is -1.65. The predicted molar refractivity (Wildman–Crippen MR) is 555 cm³/mol. The molecule has 14 aromatic carbocycles. The molecule has 0 aliphatic carbocycles. The number of nitrogen functional groups attached to an aromatic ring is 5. The first-order valence-electron chi connectivity index (χ1n) is 37.5. The van der Waals surface area contributed by atoms with E-state index in [4.69, 9.17) is 44.4 Å². The summed E-state index contributed by atoms with van der Waals surface area (Å²) < 4.78 is 119. The minimum absolute atomic E-state index is 0.00678. The zero-order chi connectivity index (χ0) is 99.4. The molecule has 0 aliphatic rings. The Labute approximate surface area is 857 Å². The van der Waals surface area contributed by atoms with Crippen LogP contribution in [0.1, 0.15) is 11.1 Å². The predicted octanol–water partition coefficient (Wildman–Crippen LogP) is 28.0. The fourth-order valence-electron chi connectivity index (χ4n) is 11.9. The molecule has 0 unspecified atom stereocenters. The van der Waals surface area contributed by atoms with E-state index in [9.17, 15) is 59.3 Å². The Balaban J connectivity index is 0.000000240. The van der Waals surface area contributed by atoms with Crippen LogP contribution >= 0.6 is 136 Å². The van der Waals surface area contributed by atoms with Crippen molar-refractivity contribution in [3.8, 4) is 23.0 Å². The maximum absolute atomic E-state index is 12.5. The summed E-state index contributed by atoms with van der Waals surface area (Å²) in [7, 11) is -12.6. The van der Waals surface area contributed by atoms with Gasteiger partial charge in [0.05, 0.1) is 124 Å². The number of azo groups is 7. The van der Waals surface area contributed by atoms with Crippen LogP contribution < -0.4 is 39.3 Å². The zero-order valence-corrected chi connectivity index (χ0v) is 88.2. The summed E-state index contributed by atoms with van der Waals surface area (Å²) >= 11 is 13.8. The Morgan fingerprint density at radius 3 is 1.32 bits per heavy atom. The number of rotatable bonds is 29. The topological polar surface area (TPSA) is 687 Å². The van der Waals surface area contributed by atoms with Gasteiger partial charge >= 0.3 is 114 Å². The summed E-state index contributed by atoms with van der Waals surface area (Å²) in [4.78, 5) is -1.85. The molecule has 711 valence electrons. The Kier molecular flexibility index (Phi) is 41.3. The molecule has 0 amide bonds. The van der Waals surface area contributed by atoms with Gasteiger partial charge in [-0.25, -0.2) is 15.8 Å². The van der Waals surface area contributed by atoms with Crippen LogP contribution in [-0.2, 0) is 72.9 Å². The molecule has 0 saturated carbocycles. The van der Waals surface area contributed by atoms with Crippen LogP contribution in [0.25, 0.3) is 32.3 Å². The SMILES string of the molecule is CN=Nc1ccc(C)cc1N.Cc1ccc2cc(SOOO)c(N=Nc3ccc(Nc4ccc(N=Nc5c(S(=O)(=O)O)cc6ccc(N=Nc7ccc(N)cc7N)cc6c5O)cc4S(=O)(=O)O)cc3)c(O)c2c1.Nc1cc(O)ccc1N=Nc1ccc(Nc2ccc(N=Nc3c(SOOO)cc4cc(S(=O)(=O)O)c(N=Nc5ccccc5)c(O)c4c3N)cc2SOOO)cc1.[I][V]([I])[I].[I][V][I]. The van der Waals surface area contributed by atoms with E-state index in [0.717, 1.165) is 35.0 Å². The number of phenols is 4. The van der Waals surface area contributed by atoms with Crippen LogP contribution in [0.2, 0.25) is 0 Å². The molecule has 22 N–H and O–H groups in total. The third-order valence-corrected chi connectivity index (χ3v) is 22.4. The minimum atomic E-state index is -5.00. The monoisotopic (exact) mass is 2620 g/mol. The third-order valence-electron chi connectivity index (χ3n) is 17.9. The van der Waals surface area contributed by atoms with Crippen molar-refractivity contribution in [2.75, 3.05) is 46.3 Å². The molecular weight excluding hydrogens is 2550 g/mol. The summed E-state index contributed by atoms with van der Waals surface area (Å²) in [5, 5.41) is 145. The van der Waals surface area contributed by atoms with Crippen molar-refractivity contribution < 1.29 is 118 Å². The first-order chi connectivity index (χ1) is 65.3. The van der Waals surface area contributed by atoms with Crippen molar-refractivity contribution >= 4 is 324 Å². The van der Waals surface area contributed by atoms with Gasteiger partial charge in [-0.3, -0.25) is 13.7 Å². The second-order valence-electron chi connectivity index (χ2n) is 27.1. The molecule has 56 heteroatoms. The molecule has 0 aliphatic heterocycles. The van der Waals surface area contributed by atoms with Gasteiger partial charge in [-0.15, -0.1) is 43.7 Å². The molecular formula is C81H69I5N21O22S6V2. The quantitative estimate of drug-likeness (QED) is 0.00394. The Hall–Kier alpha value is -9.90. The summed E-state index contributed by atoms with van der Waals surface area (Å²) in [5.41, 5.74) is 35.9. The van der Waals surface area contributed by atoms with Crippen LogP contribution in [0, 0.1) is 13.8 Å². The first-order valence-corrected chi connectivity index (χ1v) is 66.6. The van der Waals surface area contributed by atoms with Gasteiger partial charge in [0.2, 0.25) is 0 Å². The molecule has 0 heterocycles. The molecule has 0 radical (unpaired) electrons. The Morgan fingerprint density at radius 1 is 0.372 bits per heavy atom. The molecule has 0 atom stereocenters. The van der Waals surface area contributed by atoms with Gasteiger partial charge in [0, 0.05) is 40.9 Å².